The molecule has 0 rings (SSSR count). The van der Waals surface area contributed by atoms with Crippen LogP contribution in [0.3, 0.4) is 0 Å². The van der Waals surface area contributed by atoms with Gasteiger partial charge in [0.05, 0.1) is 6.07 Å². The van der Waals surface area contributed by atoms with Gasteiger partial charge in [-0.3, -0.25) is 0 Å². The minimum Gasteiger partial charge on any atom is -0.199 e. The number of hydrogen-bond donors (Lipinski definition) is 0. The normalized spacial score (nSPS) is 2.00. The second-order valence-corrected chi connectivity index (χ2v) is 0.224. The molecule has 0 unspecified atom stereocenters. The van der Waals surface area contributed by atoms with Crippen molar-refractivity contribution in [1.82, 2.24) is 0 Å². The van der Waals surface area contributed by atoms with Gasteiger partial charge in [-0.25, -0.2) is 0 Å². The van der Waals surface area contributed by atoms with E-state index in [-0.39, 0.29) is 40.8 Å². The molecule has 0 N–H and O–H groups in total. The van der Waals surface area contributed by atoms with Crippen LogP contribution in [0.25, 0.3) is 0 Å². The zero-order valence-corrected chi connectivity index (χ0v) is 5.66. The SMILES string of the molecule is CC#N.[Nd]. The van der Waals surface area contributed by atoms with Crippen molar-refractivity contribution in [3.63, 3.8) is 0 Å². The molecule has 4 heavy (non-hydrogen) atoms. The molecular weight excluding hydrogens is 182 g/mol. The van der Waals surface area contributed by atoms with Gasteiger partial charge >= 0.3 is 0 Å². The maximum atomic E-state index is 7.32. The molecule has 2 heteroatoms. The Balaban J connectivity index is 0. The monoisotopic (exact) mass is 183 g/mol. The van der Waals surface area contributed by atoms with E-state index in [1.54, 1.807) is 6.07 Å². The zero-order chi connectivity index (χ0) is 2.71. The quantitative estimate of drug-likeness (QED) is 0.540. The van der Waals surface area contributed by atoms with Crippen molar-refractivity contribution in [3.8, 4) is 6.07 Å². The molecule has 0 aromatic rings. The van der Waals surface area contributed by atoms with E-state index in [0.717, 1.165) is 0 Å². The number of rotatable bonds is 0. The van der Waals surface area contributed by atoms with Gasteiger partial charge in [0, 0.05) is 47.8 Å². The zero-order valence-electron chi connectivity index (χ0n) is 2.45. The summed E-state index contributed by atoms with van der Waals surface area (Å²) in [5, 5.41) is 7.32. The first-order valence-electron chi connectivity index (χ1n) is 0.724. The molecule has 0 saturated heterocycles. The molecule has 0 radical (unpaired) electrons. The molecular formula is C2H3NNd. The first-order chi connectivity index (χ1) is 1.41. The van der Waals surface area contributed by atoms with Gasteiger partial charge in [0.15, 0.2) is 0 Å². The van der Waals surface area contributed by atoms with Crippen LogP contribution in [0.5, 0.6) is 0 Å². The Morgan fingerprint density at radius 3 is 1.75 bits per heavy atom. The molecule has 0 spiro atoms. The molecule has 1 nitrogen and oxygen atoms in total. The molecule has 0 aliphatic carbocycles. The fraction of sp³-hybridized carbons (Fsp3) is 0.500. The second-order valence-electron chi connectivity index (χ2n) is 0.224. The molecule has 0 aliphatic rings. The Labute approximate surface area is 58.5 Å². The van der Waals surface area contributed by atoms with Crippen LogP contribution in [0.4, 0.5) is 0 Å². The van der Waals surface area contributed by atoms with Crippen LogP contribution < -0.4 is 0 Å². The summed E-state index contributed by atoms with van der Waals surface area (Å²) in [6.07, 6.45) is 0. The van der Waals surface area contributed by atoms with Crippen molar-refractivity contribution < 1.29 is 40.8 Å². The van der Waals surface area contributed by atoms with Gasteiger partial charge in [-0.2, -0.15) is 5.26 Å². The van der Waals surface area contributed by atoms with Crippen LogP contribution >= 0.6 is 0 Å². The largest absolute Gasteiger partial charge is 0.199 e. The van der Waals surface area contributed by atoms with Gasteiger partial charge in [0.25, 0.3) is 0 Å². The maximum Gasteiger partial charge on any atom is 0.0587 e. The third-order valence-corrected chi connectivity index (χ3v) is 0. The van der Waals surface area contributed by atoms with E-state index < -0.39 is 0 Å². The summed E-state index contributed by atoms with van der Waals surface area (Å²) in [5.41, 5.74) is 0. The summed E-state index contributed by atoms with van der Waals surface area (Å²) in [6, 6.07) is 1.75. The van der Waals surface area contributed by atoms with E-state index in [4.69, 9.17) is 5.26 Å². The average molecular weight is 185 g/mol. The van der Waals surface area contributed by atoms with E-state index in [2.05, 4.69) is 0 Å². The minimum atomic E-state index is 0. The number of nitrogens with zero attached hydrogens (tertiary/aromatic N) is 1. The average Bonchev–Trinajstić information content (AvgIpc) is 0.918. The summed E-state index contributed by atoms with van der Waals surface area (Å²) in [6.45, 7) is 1.43. The Hall–Kier alpha value is 0.841. The van der Waals surface area contributed by atoms with Crippen LogP contribution in [0, 0.1) is 52.2 Å². The Bertz CT molecular complexity index is 27.5. The van der Waals surface area contributed by atoms with Gasteiger partial charge in [0.1, 0.15) is 0 Å². The van der Waals surface area contributed by atoms with E-state index in [9.17, 15) is 0 Å². The Kier molecular flexibility index (Phi) is 20.2. The van der Waals surface area contributed by atoms with Crippen molar-refractivity contribution >= 4 is 0 Å². The predicted molar refractivity (Wildman–Crippen MR) is 11.3 cm³/mol. The molecule has 0 atom stereocenters. The first-order valence-corrected chi connectivity index (χ1v) is 0.724. The standard InChI is InChI=1S/C2H3N.Nd/c1-2-3;/h1H3;. The summed E-state index contributed by atoms with van der Waals surface area (Å²) in [5.74, 6) is 0. The number of hydrogen-bond acceptors (Lipinski definition) is 1. The van der Waals surface area contributed by atoms with Crippen molar-refractivity contribution in [2.75, 3.05) is 0 Å². The van der Waals surface area contributed by atoms with E-state index in [1.165, 1.54) is 6.92 Å². The fourth-order valence-corrected chi connectivity index (χ4v) is 0. The van der Waals surface area contributed by atoms with E-state index >= 15 is 0 Å². The Morgan fingerprint density at radius 1 is 1.75 bits per heavy atom. The van der Waals surface area contributed by atoms with Gasteiger partial charge in [-0.1, -0.05) is 0 Å². The Morgan fingerprint density at radius 2 is 1.75 bits per heavy atom. The molecule has 0 aromatic heterocycles. The first kappa shape index (κ1) is 8.85. The molecule has 0 heterocycles. The van der Waals surface area contributed by atoms with Crippen LogP contribution in [0.1, 0.15) is 6.92 Å². The van der Waals surface area contributed by atoms with Crippen molar-refractivity contribution in [2.24, 2.45) is 0 Å². The molecule has 0 saturated carbocycles. The van der Waals surface area contributed by atoms with Crippen LogP contribution in [0.2, 0.25) is 0 Å². The van der Waals surface area contributed by atoms with Crippen molar-refractivity contribution in [3.05, 3.63) is 0 Å². The molecule has 0 aromatic carbocycles. The van der Waals surface area contributed by atoms with Crippen molar-refractivity contribution in [1.29, 1.82) is 5.26 Å². The smallest absolute Gasteiger partial charge is 0.0587 e. The third kappa shape index (κ3) is 13.6. The number of nitriles is 1. The molecule has 0 fully saturated rings. The van der Waals surface area contributed by atoms with Crippen LogP contribution in [-0.4, -0.2) is 0 Å². The van der Waals surface area contributed by atoms with Gasteiger partial charge < -0.3 is 0 Å². The van der Waals surface area contributed by atoms with Gasteiger partial charge in [-0.05, 0) is 0 Å². The van der Waals surface area contributed by atoms with Crippen LogP contribution in [0.15, 0.2) is 0 Å². The fourth-order valence-electron chi connectivity index (χ4n) is 0. The summed E-state index contributed by atoms with van der Waals surface area (Å²) in [7, 11) is 0. The summed E-state index contributed by atoms with van der Waals surface area (Å²) < 4.78 is 0. The second kappa shape index (κ2) is 9.15. The maximum absolute atomic E-state index is 7.32. The molecule has 0 aliphatic heterocycles. The van der Waals surface area contributed by atoms with Gasteiger partial charge in [0.2, 0.25) is 0 Å². The van der Waals surface area contributed by atoms with Crippen molar-refractivity contribution in [2.45, 2.75) is 6.92 Å². The van der Waals surface area contributed by atoms with E-state index in [1.807, 2.05) is 0 Å². The molecule has 0 amide bonds. The van der Waals surface area contributed by atoms with E-state index in [0.29, 0.717) is 0 Å². The third-order valence-electron chi connectivity index (χ3n) is 0. The predicted octanol–water partition coefficient (Wildman–Crippen LogP) is 0.530. The molecule has 20 valence electrons. The molecule has 0 bridgehead atoms. The van der Waals surface area contributed by atoms with Crippen LogP contribution in [-0.2, 0) is 0 Å². The summed E-state index contributed by atoms with van der Waals surface area (Å²) >= 11 is 0. The topological polar surface area (TPSA) is 23.8 Å². The van der Waals surface area contributed by atoms with Gasteiger partial charge in [-0.15, -0.1) is 0 Å². The summed E-state index contributed by atoms with van der Waals surface area (Å²) in [4.78, 5) is 0. The minimum absolute atomic E-state index is 0.